The van der Waals surface area contributed by atoms with Crippen LogP contribution in [0.5, 0.6) is 0 Å². The molecular formula is C38H43F2N7O7S. The fourth-order valence-electron chi connectivity index (χ4n) is 7.83. The van der Waals surface area contributed by atoms with Gasteiger partial charge in [0.15, 0.2) is 0 Å². The second-order valence-corrected chi connectivity index (χ2v) is 18.2. The smallest absolute Gasteiger partial charge is 0.316 e. The van der Waals surface area contributed by atoms with Gasteiger partial charge in [-0.3, -0.25) is 19.1 Å². The van der Waals surface area contributed by atoms with E-state index in [-0.39, 0.29) is 19.0 Å². The quantitative estimate of drug-likeness (QED) is 0.259. The molecule has 2 aromatic carbocycles. The summed E-state index contributed by atoms with van der Waals surface area (Å²) in [7, 11) is -4.11. The summed E-state index contributed by atoms with van der Waals surface area (Å²) in [5.41, 5.74) is 2.51. The van der Waals surface area contributed by atoms with Gasteiger partial charge in [0, 0.05) is 24.0 Å². The molecule has 14 nitrogen and oxygen atoms in total. The number of anilines is 1. The van der Waals surface area contributed by atoms with Crippen LogP contribution >= 0.6 is 0 Å². The number of hydrogen-bond donors (Lipinski definition) is 3. The predicted molar refractivity (Wildman–Crippen MR) is 195 cm³/mol. The van der Waals surface area contributed by atoms with E-state index < -0.39 is 80.9 Å². The van der Waals surface area contributed by atoms with Gasteiger partial charge in [-0.2, -0.15) is 0 Å². The third-order valence-electron chi connectivity index (χ3n) is 11.2. The van der Waals surface area contributed by atoms with E-state index in [1.165, 1.54) is 4.90 Å². The summed E-state index contributed by atoms with van der Waals surface area (Å²) in [5, 5.41) is 17.7. The van der Waals surface area contributed by atoms with E-state index in [0.29, 0.717) is 30.9 Å². The highest BCUT2D eigenvalue weighted by Crippen LogP contribution is 2.48. The van der Waals surface area contributed by atoms with E-state index in [4.69, 9.17) is 9.25 Å². The van der Waals surface area contributed by atoms with Crippen LogP contribution < -0.4 is 15.4 Å². The Bertz CT molecular complexity index is 2180. The van der Waals surface area contributed by atoms with E-state index in [1.807, 2.05) is 49.8 Å². The predicted octanol–water partition coefficient (Wildman–Crippen LogP) is 3.94. The number of amides is 3. The van der Waals surface area contributed by atoms with Crippen molar-refractivity contribution >= 4 is 39.5 Å². The second kappa shape index (κ2) is 13.7. The summed E-state index contributed by atoms with van der Waals surface area (Å²) < 4.78 is 61.4. The van der Waals surface area contributed by atoms with Crippen LogP contribution in [0.25, 0.3) is 11.1 Å². The van der Waals surface area contributed by atoms with Crippen LogP contribution in [0.4, 0.5) is 14.8 Å². The molecule has 0 spiro atoms. The summed E-state index contributed by atoms with van der Waals surface area (Å²) in [6.07, 6.45) is -0.767. The van der Waals surface area contributed by atoms with Crippen LogP contribution in [0, 0.1) is 11.3 Å². The van der Waals surface area contributed by atoms with E-state index in [0.717, 1.165) is 47.1 Å². The van der Waals surface area contributed by atoms with E-state index in [9.17, 15) is 31.6 Å². The number of alkyl halides is 2. The van der Waals surface area contributed by atoms with Crippen LogP contribution in [-0.4, -0.2) is 88.9 Å². The minimum atomic E-state index is -4.11. The highest BCUT2D eigenvalue weighted by atomic mass is 32.2. The molecule has 5 atom stereocenters. The van der Waals surface area contributed by atoms with Gasteiger partial charge < -0.3 is 24.8 Å². The number of hydrogen-bond acceptors (Lipinski definition) is 11. The molecule has 3 heterocycles. The molecule has 3 fully saturated rings. The number of benzene rings is 2. The molecule has 0 radical (unpaired) electrons. The summed E-state index contributed by atoms with van der Waals surface area (Å²) in [5.74, 6) is -3.88. The Hall–Kier alpha value is -4.93. The number of nitrogens with zero attached hydrogens (tertiary/aromatic N) is 4. The van der Waals surface area contributed by atoms with Crippen LogP contribution in [0.2, 0.25) is 0 Å². The average Bonchev–Trinajstić information content (AvgIpc) is 4.00. The van der Waals surface area contributed by atoms with Gasteiger partial charge in [-0.1, -0.05) is 67.4 Å². The van der Waals surface area contributed by atoms with Crippen molar-refractivity contribution in [2.24, 2.45) is 16.5 Å². The van der Waals surface area contributed by atoms with Crippen LogP contribution in [0.3, 0.4) is 0 Å². The van der Waals surface area contributed by atoms with Gasteiger partial charge in [0.05, 0.1) is 17.7 Å². The van der Waals surface area contributed by atoms with Crippen molar-refractivity contribution in [2.45, 2.75) is 108 Å². The Balaban J connectivity index is 1.14. The maximum absolute atomic E-state index is 14.6. The van der Waals surface area contributed by atoms with Crippen LogP contribution in [0.1, 0.15) is 81.9 Å². The Kier molecular flexibility index (Phi) is 9.20. The lowest BCUT2D eigenvalue weighted by atomic mass is 9.85. The first-order valence-electron chi connectivity index (χ1n) is 18.7. The number of fused-ring (bicyclic) bond motifs is 8. The zero-order chi connectivity index (χ0) is 38.9. The third kappa shape index (κ3) is 7.06. The number of sulfonamides is 1. The molecule has 55 heavy (non-hydrogen) atoms. The maximum Gasteiger partial charge on any atom is 0.316 e. The minimum absolute atomic E-state index is 0.0229. The molecule has 5 aliphatic rings. The second-order valence-electron chi connectivity index (χ2n) is 16.3. The highest BCUT2D eigenvalue weighted by molar-refractivity contribution is 7.91. The number of halogens is 2. The van der Waals surface area contributed by atoms with Crippen LogP contribution in [0.15, 0.2) is 52.0 Å². The zero-order valence-electron chi connectivity index (χ0n) is 30.7. The van der Waals surface area contributed by atoms with Crippen LogP contribution in [-0.2, 0) is 42.1 Å². The molecule has 8 rings (SSSR count). The van der Waals surface area contributed by atoms with Gasteiger partial charge in [0.2, 0.25) is 34.2 Å². The average molecular weight is 780 g/mol. The number of nitrogens with one attached hydrogen (secondary N) is 3. The number of carbonyl (C=O) groups is 3. The molecule has 17 heteroatoms. The van der Waals surface area contributed by atoms with Gasteiger partial charge in [-0.25, -0.2) is 17.2 Å². The number of rotatable bonds is 6. The maximum atomic E-state index is 14.6. The molecule has 2 aliphatic heterocycles. The summed E-state index contributed by atoms with van der Waals surface area (Å²) in [6, 6.07) is 11.8. The Morgan fingerprint density at radius 1 is 1.02 bits per heavy atom. The number of aryl methyl sites for hydroxylation is 2. The van der Waals surface area contributed by atoms with Crippen molar-refractivity contribution in [3.8, 4) is 11.1 Å². The molecule has 3 amide bonds. The molecule has 6 bridgehead atoms. The number of aromatic nitrogens is 2. The first-order valence-corrected chi connectivity index (χ1v) is 20.2. The van der Waals surface area contributed by atoms with E-state index in [2.05, 4.69) is 44.2 Å². The van der Waals surface area contributed by atoms with Crippen molar-refractivity contribution < 1.29 is 40.8 Å². The largest absolute Gasteiger partial charge is 0.408 e. The third-order valence-corrected chi connectivity index (χ3v) is 13.0. The fraction of sp³-hybridized carbons (Fsp3) is 0.526. The SMILES string of the molecule is CC(C)(C)[C@@H]1Nc2nnc(o2)CCCCc2ccc3c(c2)/C(=N\O[C@@H]2C[C@@H](C(=O)N[C@]4(C(=O)NS(=O)(=O)C5CC5)C[C@H]4C(F)F)N(C2)C1=O)c1ccccc1-3. The topological polar surface area (TPSA) is 185 Å². The standard InChI is InChI=1S/C38H43F2N7O7S/c1-37(2,3)31-34(49)47-19-21(17-28(47)33(48)42-38(18-27(38)32(39)40)35(50)46-55(51,52)22-13-14-22)54-45-30-25-10-6-5-9-23(25)24-15-12-20(16-26(24)30)8-4-7-11-29-43-44-36(41-31)53-29/h5-6,9-10,12,15-16,21-22,27-28,31-32H,4,7-8,11,13-14,17-19H2,1-3H3,(H,41,44)(H,42,48)(H,46,50)/b45-30-/t21-,27+,28+,31-,38-/m1/s1. The Labute approximate surface area is 316 Å². The van der Waals surface area contributed by atoms with E-state index in [1.54, 1.807) is 0 Å². The fourth-order valence-corrected chi connectivity index (χ4v) is 9.20. The van der Waals surface area contributed by atoms with E-state index >= 15 is 0 Å². The zero-order valence-corrected chi connectivity index (χ0v) is 31.5. The lowest BCUT2D eigenvalue weighted by Crippen LogP contribution is -2.59. The van der Waals surface area contributed by atoms with Crippen molar-refractivity contribution in [2.75, 3.05) is 11.9 Å². The molecule has 3 aliphatic carbocycles. The van der Waals surface area contributed by atoms with Gasteiger partial charge >= 0.3 is 6.01 Å². The normalized spacial score (nSPS) is 27.4. The number of carbonyl (C=O) groups excluding carboxylic acids is 3. The molecule has 3 aromatic rings. The minimum Gasteiger partial charge on any atom is -0.408 e. The molecule has 1 aromatic heterocycles. The highest BCUT2D eigenvalue weighted by Gasteiger charge is 2.67. The monoisotopic (exact) mass is 779 g/mol. The molecule has 2 saturated carbocycles. The Morgan fingerprint density at radius 3 is 2.45 bits per heavy atom. The lowest BCUT2D eigenvalue weighted by Gasteiger charge is -2.35. The van der Waals surface area contributed by atoms with Gasteiger partial charge in [0.1, 0.15) is 29.4 Å². The molecule has 0 unspecified atom stereocenters. The van der Waals surface area contributed by atoms with Gasteiger partial charge in [0.25, 0.3) is 5.91 Å². The molecular weight excluding hydrogens is 737 g/mol. The van der Waals surface area contributed by atoms with Gasteiger partial charge in [-0.05, 0) is 66.7 Å². The lowest BCUT2D eigenvalue weighted by molar-refractivity contribution is -0.142. The van der Waals surface area contributed by atoms with Gasteiger partial charge in [-0.15, -0.1) is 5.10 Å². The summed E-state index contributed by atoms with van der Waals surface area (Å²) in [6.45, 7) is 5.35. The molecule has 292 valence electrons. The summed E-state index contributed by atoms with van der Waals surface area (Å²) >= 11 is 0. The summed E-state index contributed by atoms with van der Waals surface area (Å²) in [4.78, 5) is 49.7. The van der Waals surface area contributed by atoms with Crippen molar-refractivity contribution in [1.82, 2.24) is 25.1 Å². The van der Waals surface area contributed by atoms with Crippen molar-refractivity contribution in [3.05, 3.63) is 65.0 Å². The first-order chi connectivity index (χ1) is 26.1. The molecule has 1 saturated heterocycles. The molecule has 3 N–H and O–H groups in total. The van der Waals surface area contributed by atoms with Crippen molar-refractivity contribution in [1.29, 1.82) is 0 Å². The van der Waals surface area contributed by atoms with Crippen molar-refractivity contribution in [3.63, 3.8) is 0 Å². The Morgan fingerprint density at radius 2 is 1.75 bits per heavy atom. The number of oxime groups is 1. The first kappa shape index (κ1) is 37.0.